The van der Waals surface area contributed by atoms with Crippen molar-refractivity contribution in [1.82, 2.24) is 5.32 Å². The van der Waals surface area contributed by atoms with Crippen molar-refractivity contribution in [2.24, 2.45) is 5.41 Å². The van der Waals surface area contributed by atoms with Gasteiger partial charge in [0.05, 0.1) is 6.61 Å². The largest absolute Gasteiger partial charge is 0.380 e. The Hall–Kier alpha value is -0.0800. The number of nitrogens with one attached hydrogen (secondary N) is 1. The molecule has 2 aliphatic carbocycles. The first kappa shape index (κ1) is 12.4. The molecule has 1 N–H and O–H groups in total. The Labute approximate surface area is 100 Å². The van der Waals surface area contributed by atoms with Crippen molar-refractivity contribution in [3.8, 4) is 0 Å². The van der Waals surface area contributed by atoms with E-state index in [9.17, 15) is 0 Å². The fraction of sp³-hybridized carbons (Fsp3) is 1.00. The molecule has 2 aliphatic rings. The van der Waals surface area contributed by atoms with Crippen LogP contribution in [0.5, 0.6) is 0 Å². The van der Waals surface area contributed by atoms with Crippen LogP contribution in [0.1, 0.15) is 58.3 Å². The molecular weight excluding hydrogens is 198 g/mol. The van der Waals surface area contributed by atoms with Crippen molar-refractivity contribution in [3.05, 3.63) is 0 Å². The number of hydrogen-bond acceptors (Lipinski definition) is 2. The Morgan fingerprint density at radius 1 is 1.12 bits per heavy atom. The Morgan fingerprint density at radius 3 is 2.44 bits per heavy atom. The fourth-order valence-electron chi connectivity index (χ4n) is 3.54. The lowest BCUT2D eigenvalue weighted by Gasteiger charge is -2.37. The lowest BCUT2D eigenvalue weighted by atomic mass is 9.71. The summed E-state index contributed by atoms with van der Waals surface area (Å²) in [6, 6.07) is 0.770. The van der Waals surface area contributed by atoms with Crippen molar-refractivity contribution < 1.29 is 4.74 Å². The topological polar surface area (TPSA) is 21.3 Å². The number of rotatable bonds is 5. The second-order valence-corrected chi connectivity index (χ2v) is 5.63. The Kier molecular flexibility index (Phi) is 4.66. The van der Waals surface area contributed by atoms with Gasteiger partial charge in [0.2, 0.25) is 0 Å². The van der Waals surface area contributed by atoms with Gasteiger partial charge in [-0.25, -0.2) is 0 Å². The smallest absolute Gasteiger partial charge is 0.0590 e. The monoisotopic (exact) mass is 225 g/mol. The first-order valence-corrected chi connectivity index (χ1v) is 7.16. The van der Waals surface area contributed by atoms with Crippen LogP contribution in [0, 0.1) is 5.41 Å². The van der Waals surface area contributed by atoms with Crippen molar-refractivity contribution in [3.63, 3.8) is 0 Å². The molecule has 2 heteroatoms. The van der Waals surface area contributed by atoms with Crippen LogP contribution < -0.4 is 5.32 Å². The van der Waals surface area contributed by atoms with Gasteiger partial charge in [-0.2, -0.15) is 0 Å². The van der Waals surface area contributed by atoms with Gasteiger partial charge >= 0.3 is 0 Å². The van der Waals surface area contributed by atoms with Gasteiger partial charge in [0.15, 0.2) is 0 Å². The van der Waals surface area contributed by atoms with Crippen LogP contribution >= 0.6 is 0 Å². The molecule has 0 atom stereocenters. The number of ether oxygens (including phenoxy) is 1. The van der Waals surface area contributed by atoms with Gasteiger partial charge in [-0.15, -0.1) is 0 Å². The van der Waals surface area contributed by atoms with Gasteiger partial charge in [-0.3, -0.25) is 0 Å². The van der Waals surface area contributed by atoms with Gasteiger partial charge in [0.1, 0.15) is 0 Å². The average molecular weight is 225 g/mol. The summed E-state index contributed by atoms with van der Waals surface area (Å²) < 4.78 is 5.36. The Morgan fingerprint density at radius 2 is 1.81 bits per heavy atom. The van der Waals surface area contributed by atoms with E-state index >= 15 is 0 Å². The minimum atomic E-state index is 0.770. The predicted octanol–water partition coefficient (Wildman–Crippen LogP) is 3.12. The van der Waals surface area contributed by atoms with E-state index in [1.807, 2.05) is 0 Å². The first-order valence-electron chi connectivity index (χ1n) is 7.16. The van der Waals surface area contributed by atoms with Crippen LogP contribution in [0.15, 0.2) is 0 Å². The summed E-state index contributed by atoms with van der Waals surface area (Å²) >= 11 is 0. The zero-order valence-corrected chi connectivity index (χ0v) is 10.8. The van der Waals surface area contributed by atoms with E-state index in [1.165, 1.54) is 51.4 Å². The minimum absolute atomic E-state index is 0.770. The Bertz CT molecular complexity index is 189. The molecule has 2 rings (SSSR count). The standard InChI is InChI=1S/C14H27NO/c1-2-16-12-11-15-13-5-9-14(10-6-13)7-3-4-8-14/h13,15H,2-12H2,1H3. The highest BCUT2D eigenvalue weighted by atomic mass is 16.5. The molecule has 1 spiro atoms. The molecule has 2 fully saturated rings. The molecule has 16 heavy (non-hydrogen) atoms. The summed E-state index contributed by atoms with van der Waals surface area (Å²) in [7, 11) is 0. The molecule has 0 saturated heterocycles. The maximum absolute atomic E-state index is 5.36. The van der Waals surface area contributed by atoms with E-state index < -0.39 is 0 Å². The van der Waals surface area contributed by atoms with Crippen LogP contribution in [0.4, 0.5) is 0 Å². The average Bonchev–Trinajstić information content (AvgIpc) is 2.76. The van der Waals surface area contributed by atoms with Crippen molar-refractivity contribution in [2.45, 2.75) is 64.3 Å². The molecule has 0 radical (unpaired) electrons. The molecule has 0 aromatic rings. The Balaban J connectivity index is 1.61. The lowest BCUT2D eigenvalue weighted by molar-refractivity contribution is 0.133. The van der Waals surface area contributed by atoms with Crippen molar-refractivity contribution in [1.29, 1.82) is 0 Å². The molecule has 0 bridgehead atoms. The van der Waals surface area contributed by atoms with Crippen LogP contribution in [0.25, 0.3) is 0 Å². The van der Waals surface area contributed by atoms with Crippen molar-refractivity contribution in [2.75, 3.05) is 19.8 Å². The second kappa shape index (κ2) is 6.02. The molecule has 0 aromatic heterocycles. The molecule has 2 nitrogen and oxygen atoms in total. The molecule has 0 unspecified atom stereocenters. The summed E-state index contributed by atoms with van der Waals surface area (Å²) in [5, 5.41) is 3.64. The second-order valence-electron chi connectivity index (χ2n) is 5.63. The lowest BCUT2D eigenvalue weighted by Crippen LogP contribution is -2.38. The normalized spacial score (nSPS) is 25.3. The highest BCUT2D eigenvalue weighted by Crippen LogP contribution is 2.48. The summed E-state index contributed by atoms with van der Waals surface area (Å²) in [5.74, 6) is 0. The highest BCUT2D eigenvalue weighted by molar-refractivity contribution is 4.91. The van der Waals surface area contributed by atoms with E-state index in [2.05, 4.69) is 12.2 Å². The van der Waals surface area contributed by atoms with E-state index in [0.29, 0.717) is 0 Å². The van der Waals surface area contributed by atoms with E-state index in [4.69, 9.17) is 4.74 Å². The van der Waals surface area contributed by atoms with Gasteiger partial charge in [-0.05, 0) is 50.9 Å². The molecular formula is C14H27NO. The third kappa shape index (κ3) is 3.21. The molecule has 0 aromatic carbocycles. The van der Waals surface area contributed by atoms with Crippen LogP contribution in [-0.2, 0) is 4.74 Å². The minimum Gasteiger partial charge on any atom is -0.380 e. The first-order chi connectivity index (χ1) is 7.85. The predicted molar refractivity (Wildman–Crippen MR) is 67.7 cm³/mol. The summed E-state index contributed by atoms with van der Waals surface area (Å²) in [6.45, 7) is 4.81. The summed E-state index contributed by atoms with van der Waals surface area (Å²) in [6.07, 6.45) is 11.7. The van der Waals surface area contributed by atoms with Gasteiger partial charge in [0.25, 0.3) is 0 Å². The maximum Gasteiger partial charge on any atom is 0.0590 e. The molecule has 0 heterocycles. The van der Waals surface area contributed by atoms with E-state index in [1.54, 1.807) is 0 Å². The van der Waals surface area contributed by atoms with Crippen LogP contribution in [-0.4, -0.2) is 25.8 Å². The quantitative estimate of drug-likeness (QED) is 0.726. The molecule has 94 valence electrons. The van der Waals surface area contributed by atoms with Crippen LogP contribution in [0.3, 0.4) is 0 Å². The fourth-order valence-corrected chi connectivity index (χ4v) is 3.54. The number of hydrogen-bond donors (Lipinski definition) is 1. The van der Waals surface area contributed by atoms with E-state index in [-0.39, 0.29) is 0 Å². The zero-order chi connectivity index (χ0) is 11.3. The van der Waals surface area contributed by atoms with Gasteiger partial charge in [0, 0.05) is 19.2 Å². The molecule has 0 aliphatic heterocycles. The van der Waals surface area contributed by atoms with Gasteiger partial charge in [-0.1, -0.05) is 12.8 Å². The summed E-state index contributed by atoms with van der Waals surface area (Å²) in [5.41, 5.74) is 0.776. The van der Waals surface area contributed by atoms with Gasteiger partial charge < -0.3 is 10.1 Å². The SMILES string of the molecule is CCOCCNC1CCC2(CCCC2)CC1. The molecule has 2 saturated carbocycles. The summed E-state index contributed by atoms with van der Waals surface area (Å²) in [4.78, 5) is 0. The van der Waals surface area contributed by atoms with Crippen molar-refractivity contribution >= 4 is 0 Å². The zero-order valence-electron chi connectivity index (χ0n) is 10.8. The third-order valence-electron chi connectivity index (χ3n) is 4.59. The van der Waals surface area contributed by atoms with E-state index in [0.717, 1.165) is 31.2 Å². The highest BCUT2D eigenvalue weighted by Gasteiger charge is 2.37. The van der Waals surface area contributed by atoms with Crippen LogP contribution in [0.2, 0.25) is 0 Å². The molecule has 0 amide bonds. The maximum atomic E-state index is 5.36. The third-order valence-corrected chi connectivity index (χ3v) is 4.59.